The molecular formula is C23H26ClN5. The number of aryl methyl sites for hydroxylation is 1. The Bertz CT molecular complexity index is 1000. The number of nitrogens with zero attached hydrogens (tertiary/aromatic N) is 4. The summed E-state index contributed by atoms with van der Waals surface area (Å²) in [5.74, 6) is 2.86. The molecule has 1 saturated carbocycles. The summed E-state index contributed by atoms with van der Waals surface area (Å²) in [6, 6.07) is 10.2. The number of benzene rings is 1. The molecule has 5 nitrogen and oxygen atoms in total. The van der Waals surface area contributed by atoms with Gasteiger partial charge in [-0.3, -0.25) is 4.90 Å². The number of hydrogen-bond donors (Lipinski definition) is 1. The van der Waals surface area contributed by atoms with E-state index in [1.54, 1.807) is 0 Å². The fourth-order valence-electron chi connectivity index (χ4n) is 3.99. The standard InChI is InChI=1S/C23H26ClN5/c1-16-12-18(4-5-20(16)24)21-14-26-23(27-21)19-6-7-25-22(13-19)29-10-8-28(9-11-29)15-17-2-3-17/h4-7,12-14,17H,2-3,8-11,15H2,1H3,(H,26,27). The average molecular weight is 408 g/mol. The molecule has 150 valence electrons. The summed E-state index contributed by atoms with van der Waals surface area (Å²) < 4.78 is 0. The van der Waals surface area contributed by atoms with Crippen molar-refractivity contribution in [3.63, 3.8) is 0 Å². The Morgan fingerprint density at radius 2 is 1.86 bits per heavy atom. The number of imidazole rings is 1. The number of aromatic nitrogens is 3. The van der Waals surface area contributed by atoms with Gasteiger partial charge in [-0.1, -0.05) is 17.7 Å². The lowest BCUT2D eigenvalue weighted by molar-refractivity contribution is 0.247. The number of aromatic amines is 1. The summed E-state index contributed by atoms with van der Waals surface area (Å²) in [5, 5.41) is 0.782. The maximum absolute atomic E-state index is 6.16. The van der Waals surface area contributed by atoms with Crippen molar-refractivity contribution in [3.8, 4) is 22.6 Å². The summed E-state index contributed by atoms with van der Waals surface area (Å²) in [6.45, 7) is 7.63. The van der Waals surface area contributed by atoms with E-state index in [1.165, 1.54) is 19.4 Å². The largest absolute Gasteiger partial charge is 0.354 e. The van der Waals surface area contributed by atoms with Crippen LogP contribution in [-0.4, -0.2) is 52.6 Å². The fraction of sp³-hybridized carbons (Fsp3) is 0.391. The highest BCUT2D eigenvalue weighted by Crippen LogP contribution is 2.30. The van der Waals surface area contributed by atoms with Crippen molar-refractivity contribution in [2.45, 2.75) is 19.8 Å². The van der Waals surface area contributed by atoms with Crippen molar-refractivity contribution in [2.75, 3.05) is 37.6 Å². The van der Waals surface area contributed by atoms with Gasteiger partial charge in [-0.2, -0.15) is 0 Å². The van der Waals surface area contributed by atoms with Gasteiger partial charge in [0.2, 0.25) is 0 Å². The normalized spacial score (nSPS) is 17.7. The molecule has 6 heteroatoms. The summed E-state index contributed by atoms with van der Waals surface area (Å²) >= 11 is 6.16. The monoisotopic (exact) mass is 407 g/mol. The minimum absolute atomic E-state index is 0.782. The number of anilines is 1. The summed E-state index contributed by atoms with van der Waals surface area (Å²) in [4.78, 5) is 17.7. The maximum atomic E-state index is 6.16. The topological polar surface area (TPSA) is 48.1 Å². The first-order valence-corrected chi connectivity index (χ1v) is 10.8. The highest BCUT2D eigenvalue weighted by atomic mass is 35.5. The number of piperazine rings is 1. The first-order chi connectivity index (χ1) is 14.2. The molecule has 2 fully saturated rings. The van der Waals surface area contributed by atoms with E-state index in [0.29, 0.717) is 0 Å². The predicted molar refractivity (Wildman–Crippen MR) is 118 cm³/mol. The van der Waals surface area contributed by atoms with E-state index in [0.717, 1.165) is 71.1 Å². The Labute approximate surface area is 176 Å². The van der Waals surface area contributed by atoms with Crippen LogP contribution < -0.4 is 4.90 Å². The second-order valence-electron chi connectivity index (χ2n) is 8.24. The lowest BCUT2D eigenvalue weighted by Gasteiger charge is -2.35. The van der Waals surface area contributed by atoms with E-state index in [2.05, 4.69) is 36.9 Å². The van der Waals surface area contributed by atoms with Crippen LogP contribution in [0.1, 0.15) is 18.4 Å². The Hall–Kier alpha value is -2.37. The van der Waals surface area contributed by atoms with Crippen LogP contribution >= 0.6 is 11.6 Å². The van der Waals surface area contributed by atoms with Gasteiger partial charge in [-0.05, 0) is 61.1 Å². The van der Waals surface area contributed by atoms with Gasteiger partial charge >= 0.3 is 0 Å². The summed E-state index contributed by atoms with van der Waals surface area (Å²) in [7, 11) is 0. The summed E-state index contributed by atoms with van der Waals surface area (Å²) in [6.07, 6.45) is 6.61. The van der Waals surface area contributed by atoms with Crippen LogP contribution in [0.15, 0.2) is 42.7 Å². The molecule has 3 heterocycles. The third kappa shape index (κ3) is 4.16. The van der Waals surface area contributed by atoms with Crippen molar-refractivity contribution >= 4 is 17.4 Å². The maximum Gasteiger partial charge on any atom is 0.137 e. The molecule has 0 amide bonds. The highest BCUT2D eigenvalue weighted by Gasteiger charge is 2.26. The molecule has 3 aromatic rings. The number of pyridine rings is 1. The number of halogens is 1. The smallest absolute Gasteiger partial charge is 0.137 e. The van der Waals surface area contributed by atoms with Crippen LogP contribution in [0, 0.1) is 12.8 Å². The molecule has 0 radical (unpaired) electrons. The zero-order valence-electron chi connectivity index (χ0n) is 16.7. The fourth-order valence-corrected chi connectivity index (χ4v) is 4.11. The zero-order chi connectivity index (χ0) is 19.8. The molecule has 2 aliphatic rings. The van der Waals surface area contributed by atoms with Crippen LogP contribution in [0.3, 0.4) is 0 Å². The molecule has 1 aromatic carbocycles. The Kier molecular flexibility index (Phi) is 5.02. The minimum atomic E-state index is 0.782. The van der Waals surface area contributed by atoms with E-state index in [-0.39, 0.29) is 0 Å². The van der Waals surface area contributed by atoms with Crippen LogP contribution in [0.5, 0.6) is 0 Å². The molecule has 0 unspecified atom stereocenters. The molecule has 29 heavy (non-hydrogen) atoms. The van der Waals surface area contributed by atoms with Crippen LogP contribution in [0.25, 0.3) is 22.6 Å². The molecule has 1 aliphatic carbocycles. The third-order valence-electron chi connectivity index (χ3n) is 5.97. The molecule has 0 bridgehead atoms. The molecule has 5 rings (SSSR count). The minimum Gasteiger partial charge on any atom is -0.354 e. The molecule has 0 spiro atoms. The van der Waals surface area contributed by atoms with Crippen molar-refractivity contribution < 1.29 is 0 Å². The SMILES string of the molecule is Cc1cc(-c2cnc(-c3ccnc(N4CCN(CC5CC5)CC4)c3)[nH]2)ccc1Cl. The Balaban J connectivity index is 1.31. The molecule has 1 saturated heterocycles. The number of H-pyrrole nitrogens is 1. The van der Waals surface area contributed by atoms with Gasteiger partial charge in [0.1, 0.15) is 11.6 Å². The second-order valence-corrected chi connectivity index (χ2v) is 8.65. The molecule has 1 aliphatic heterocycles. The van der Waals surface area contributed by atoms with Crippen molar-refractivity contribution in [3.05, 3.63) is 53.3 Å². The van der Waals surface area contributed by atoms with Crippen molar-refractivity contribution in [1.29, 1.82) is 0 Å². The van der Waals surface area contributed by atoms with E-state index in [9.17, 15) is 0 Å². The van der Waals surface area contributed by atoms with Crippen LogP contribution in [0.2, 0.25) is 5.02 Å². The number of nitrogens with one attached hydrogen (secondary N) is 1. The predicted octanol–water partition coefficient (Wildman–Crippen LogP) is 4.63. The van der Waals surface area contributed by atoms with E-state index in [1.807, 2.05) is 37.5 Å². The highest BCUT2D eigenvalue weighted by molar-refractivity contribution is 6.31. The van der Waals surface area contributed by atoms with Gasteiger partial charge in [0, 0.05) is 49.5 Å². The molecule has 0 atom stereocenters. The molecular weight excluding hydrogens is 382 g/mol. The number of rotatable bonds is 5. The lowest BCUT2D eigenvalue weighted by Crippen LogP contribution is -2.47. The Morgan fingerprint density at radius 3 is 2.62 bits per heavy atom. The van der Waals surface area contributed by atoms with Gasteiger partial charge in [0.15, 0.2) is 0 Å². The van der Waals surface area contributed by atoms with E-state index >= 15 is 0 Å². The van der Waals surface area contributed by atoms with E-state index < -0.39 is 0 Å². The molecule has 2 aromatic heterocycles. The van der Waals surface area contributed by atoms with Crippen LogP contribution in [-0.2, 0) is 0 Å². The molecule has 1 N–H and O–H groups in total. The second kappa shape index (κ2) is 7.81. The third-order valence-corrected chi connectivity index (χ3v) is 6.40. The zero-order valence-corrected chi connectivity index (χ0v) is 17.5. The van der Waals surface area contributed by atoms with Crippen LogP contribution in [0.4, 0.5) is 5.82 Å². The quantitative estimate of drug-likeness (QED) is 0.669. The first-order valence-electron chi connectivity index (χ1n) is 10.4. The van der Waals surface area contributed by atoms with Gasteiger partial charge in [0.05, 0.1) is 11.9 Å². The van der Waals surface area contributed by atoms with Gasteiger partial charge in [0.25, 0.3) is 0 Å². The van der Waals surface area contributed by atoms with Gasteiger partial charge in [-0.25, -0.2) is 9.97 Å². The van der Waals surface area contributed by atoms with E-state index in [4.69, 9.17) is 11.6 Å². The number of hydrogen-bond acceptors (Lipinski definition) is 4. The average Bonchev–Trinajstić information content (AvgIpc) is 3.42. The summed E-state index contributed by atoms with van der Waals surface area (Å²) in [5.41, 5.74) is 4.21. The van der Waals surface area contributed by atoms with Gasteiger partial charge < -0.3 is 9.88 Å². The first kappa shape index (κ1) is 18.6. The van der Waals surface area contributed by atoms with Gasteiger partial charge in [-0.15, -0.1) is 0 Å². The van der Waals surface area contributed by atoms with Crippen molar-refractivity contribution in [1.82, 2.24) is 19.9 Å². The Morgan fingerprint density at radius 1 is 1.03 bits per heavy atom. The lowest BCUT2D eigenvalue weighted by atomic mass is 10.1. The van der Waals surface area contributed by atoms with Crippen molar-refractivity contribution in [2.24, 2.45) is 5.92 Å².